The van der Waals surface area contributed by atoms with Crippen LogP contribution in [-0.2, 0) is 19.6 Å². The fourth-order valence-corrected chi connectivity index (χ4v) is 5.54. The molecule has 0 bridgehead atoms. The van der Waals surface area contributed by atoms with Crippen molar-refractivity contribution in [2.75, 3.05) is 23.7 Å². The molecule has 14 heteroatoms. The van der Waals surface area contributed by atoms with E-state index in [2.05, 4.69) is 20.2 Å². The summed E-state index contributed by atoms with van der Waals surface area (Å²) in [4.78, 5) is 26.8. The largest absolute Gasteiger partial charge is 0.480 e. The summed E-state index contributed by atoms with van der Waals surface area (Å²) in [5.74, 6) is -0.836. The number of thiocarbonyl (C=S) groups is 1. The summed E-state index contributed by atoms with van der Waals surface area (Å²) in [6, 6.07) is 14.1. The Kier molecular flexibility index (Phi) is 8.34. The number of carbonyl (C=O) groups excluding carboxylic acids is 2. The standard InChI is InChI=1S/C24H20FN5O5S3/c1-35-22-11-10-20(27-28-22)29-38(33,34)18-8-6-17(7-9-18)26-21(31)12-13-30-23(32)19(37-24(30)36)14-15-2-4-16(25)5-3-15/h2-11,14H,12-13H2,1H3,(H,26,31)(H,27,29). The highest BCUT2D eigenvalue weighted by Gasteiger charge is 2.32. The molecule has 196 valence electrons. The van der Waals surface area contributed by atoms with Crippen LogP contribution in [-0.4, -0.2) is 53.3 Å². The number of nitrogens with zero attached hydrogens (tertiary/aromatic N) is 3. The Labute approximate surface area is 227 Å². The lowest BCUT2D eigenvalue weighted by molar-refractivity contribution is -0.122. The number of anilines is 2. The predicted octanol–water partition coefficient (Wildman–Crippen LogP) is 3.66. The van der Waals surface area contributed by atoms with E-state index < -0.39 is 10.0 Å². The molecular formula is C24H20FN5O5S3. The molecular weight excluding hydrogens is 553 g/mol. The van der Waals surface area contributed by atoms with Crippen LogP contribution >= 0.6 is 24.0 Å². The lowest BCUT2D eigenvalue weighted by atomic mass is 10.2. The van der Waals surface area contributed by atoms with E-state index in [1.807, 2.05) is 0 Å². The van der Waals surface area contributed by atoms with E-state index in [1.54, 1.807) is 18.2 Å². The van der Waals surface area contributed by atoms with E-state index in [4.69, 9.17) is 17.0 Å². The first-order valence-electron chi connectivity index (χ1n) is 11.0. The molecule has 38 heavy (non-hydrogen) atoms. The van der Waals surface area contributed by atoms with Gasteiger partial charge in [0, 0.05) is 24.7 Å². The zero-order valence-corrected chi connectivity index (χ0v) is 22.2. The minimum Gasteiger partial charge on any atom is -0.480 e. The quantitative estimate of drug-likeness (QED) is 0.291. The number of carbonyl (C=O) groups is 2. The smallest absolute Gasteiger partial charge is 0.266 e. The van der Waals surface area contributed by atoms with Gasteiger partial charge in [-0.2, -0.15) is 0 Å². The summed E-state index contributed by atoms with van der Waals surface area (Å²) in [5, 5.41) is 10.1. The topological polar surface area (TPSA) is 131 Å². The van der Waals surface area contributed by atoms with E-state index in [0.29, 0.717) is 20.5 Å². The van der Waals surface area contributed by atoms with Crippen LogP contribution in [0.25, 0.3) is 6.08 Å². The average molecular weight is 574 g/mol. The van der Waals surface area contributed by atoms with Crippen molar-refractivity contribution in [1.29, 1.82) is 0 Å². The van der Waals surface area contributed by atoms with Crippen LogP contribution in [0.5, 0.6) is 5.88 Å². The Morgan fingerprint density at radius 3 is 2.45 bits per heavy atom. The molecule has 0 atom stereocenters. The van der Waals surface area contributed by atoms with Gasteiger partial charge >= 0.3 is 0 Å². The molecule has 0 saturated carbocycles. The SMILES string of the molecule is COc1ccc(NS(=O)(=O)c2ccc(NC(=O)CCN3C(=O)C(=Cc4ccc(F)cc4)SC3=S)cc2)nn1. The first kappa shape index (κ1) is 27.2. The number of amides is 2. The zero-order valence-electron chi connectivity index (χ0n) is 19.8. The molecule has 2 N–H and O–H groups in total. The van der Waals surface area contributed by atoms with Crippen molar-refractivity contribution in [3.63, 3.8) is 0 Å². The third-order valence-electron chi connectivity index (χ3n) is 5.14. The molecule has 1 aliphatic rings. The summed E-state index contributed by atoms with van der Waals surface area (Å²) < 4.78 is 45.8. The van der Waals surface area contributed by atoms with E-state index in [9.17, 15) is 22.4 Å². The summed E-state index contributed by atoms with van der Waals surface area (Å²) in [7, 11) is -2.52. The van der Waals surface area contributed by atoms with Crippen molar-refractivity contribution in [1.82, 2.24) is 15.1 Å². The monoisotopic (exact) mass is 573 g/mol. The van der Waals surface area contributed by atoms with Gasteiger partial charge < -0.3 is 10.1 Å². The summed E-state index contributed by atoms with van der Waals surface area (Å²) in [6.45, 7) is 0.0660. The second-order valence-corrected chi connectivity index (χ2v) is 11.1. The first-order chi connectivity index (χ1) is 18.1. The van der Waals surface area contributed by atoms with Crippen LogP contribution in [0.1, 0.15) is 12.0 Å². The van der Waals surface area contributed by atoms with Crippen molar-refractivity contribution in [3.8, 4) is 5.88 Å². The molecule has 0 spiro atoms. The van der Waals surface area contributed by atoms with Crippen LogP contribution < -0.4 is 14.8 Å². The highest BCUT2D eigenvalue weighted by Crippen LogP contribution is 2.32. The van der Waals surface area contributed by atoms with Crippen LogP contribution in [0.3, 0.4) is 0 Å². The third kappa shape index (κ3) is 6.70. The zero-order chi connectivity index (χ0) is 27.3. The number of methoxy groups -OCH3 is 1. The van der Waals surface area contributed by atoms with Gasteiger partial charge in [0.15, 0.2) is 5.82 Å². The molecule has 1 aliphatic heterocycles. The first-order valence-corrected chi connectivity index (χ1v) is 13.7. The van der Waals surface area contributed by atoms with Crippen LogP contribution in [0, 0.1) is 5.82 Å². The molecule has 0 aliphatic carbocycles. The number of benzene rings is 2. The van der Waals surface area contributed by atoms with Gasteiger partial charge in [-0.25, -0.2) is 12.8 Å². The van der Waals surface area contributed by atoms with Gasteiger partial charge in [-0.1, -0.05) is 36.1 Å². The van der Waals surface area contributed by atoms with Gasteiger partial charge in [-0.3, -0.25) is 19.2 Å². The fourth-order valence-electron chi connectivity index (χ4n) is 3.24. The molecule has 1 saturated heterocycles. The van der Waals surface area contributed by atoms with E-state index in [1.165, 1.54) is 60.5 Å². The molecule has 10 nitrogen and oxygen atoms in total. The summed E-state index contributed by atoms with van der Waals surface area (Å²) in [5.41, 5.74) is 1.03. The summed E-state index contributed by atoms with van der Waals surface area (Å²) in [6.07, 6.45) is 1.58. The molecule has 2 aromatic carbocycles. The van der Waals surface area contributed by atoms with Crippen molar-refractivity contribution in [3.05, 3.63) is 76.9 Å². The van der Waals surface area contributed by atoms with Gasteiger partial charge in [0.25, 0.3) is 15.9 Å². The Balaban J connectivity index is 1.31. The van der Waals surface area contributed by atoms with Crippen LogP contribution in [0.2, 0.25) is 0 Å². The number of sulfonamides is 1. The number of hydrogen-bond donors (Lipinski definition) is 2. The lowest BCUT2D eigenvalue weighted by Gasteiger charge is -2.14. The number of halogens is 1. The predicted molar refractivity (Wildman–Crippen MR) is 145 cm³/mol. The molecule has 3 aromatic rings. The van der Waals surface area contributed by atoms with E-state index in [0.717, 1.165) is 11.8 Å². The Morgan fingerprint density at radius 1 is 1.11 bits per heavy atom. The maximum absolute atomic E-state index is 13.1. The second kappa shape index (κ2) is 11.7. The van der Waals surface area contributed by atoms with E-state index in [-0.39, 0.29) is 47.2 Å². The maximum Gasteiger partial charge on any atom is 0.266 e. The number of rotatable bonds is 9. The van der Waals surface area contributed by atoms with Gasteiger partial charge in [-0.05, 0) is 54.1 Å². The van der Waals surface area contributed by atoms with Crippen molar-refractivity contribution in [2.24, 2.45) is 0 Å². The number of aromatic nitrogens is 2. The Bertz CT molecular complexity index is 1500. The molecule has 0 radical (unpaired) electrons. The van der Waals surface area contributed by atoms with Crippen molar-refractivity contribution in [2.45, 2.75) is 11.3 Å². The van der Waals surface area contributed by atoms with Gasteiger partial charge in [0.2, 0.25) is 11.8 Å². The molecule has 1 fully saturated rings. The second-order valence-electron chi connectivity index (χ2n) is 7.77. The highest BCUT2D eigenvalue weighted by molar-refractivity contribution is 8.26. The van der Waals surface area contributed by atoms with E-state index >= 15 is 0 Å². The Morgan fingerprint density at radius 2 is 1.82 bits per heavy atom. The highest BCUT2D eigenvalue weighted by atomic mass is 32.2. The fraction of sp³-hybridized carbons (Fsp3) is 0.125. The molecule has 2 heterocycles. The van der Waals surface area contributed by atoms with Crippen molar-refractivity contribution >= 4 is 67.7 Å². The molecule has 2 amide bonds. The number of nitrogens with one attached hydrogen (secondary N) is 2. The van der Waals surface area contributed by atoms with Crippen molar-refractivity contribution < 1.29 is 27.1 Å². The molecule has 1 aromatic heterocycles. The lowest BCUT2D eigenvalue weighted by Crippen LogP contribution is -2.31. The molecule has 4 rings (SSSR count). The minimum atomic E-state index is -3.93. The van der Waals surface area contributed by atoms with Crippen LogP contribution in [0.4, 0.5) is 15.9 Å². The Hall–Kier alpha value is -3.88. The normalized spacial score (nSPS) is 14.6. The van der Waals surface area contributed by atoms with Gasteiger partial charge in [0.05, 0.1) is 16.9 Å². The van der Waals surface area contributed by atoms with Crippen LogP contribution in [0.15, 0.2) is 70.5 Å². The third-order valence-corrected chi connectivity index (χ3v) is 7.89. The van der Waals surface area contributed by atoms with Gasteiger partial charge in [0.1, 0.15) is 10.1 Å². The van der Waals surface area contributed by atoms with Gasteiger partial charge in [-0.15, -0.1) is 10.2 Å². The number of thioether (sulfide) groups is 1. The summed E-state index contributed by atoms with van der Waals surface area (Å²) >= 11 is 6.39. The average Bonchev–Trinajstić information content (AvgIpc) is 3.16. The molecule has 0 unspecified atom stereocenters. The number of ether oxygens (including phenoxy) is 1. The minimum absolute atomic E-state index is 0.0198. The maximum atomic E-state index is 13.1. The number of hydrogen-bond acceptors (Lipinski definition) is 9.